The summed E-state index contributed by atoms with van der Waals surface area (Å²) in [5, 5.41) is 0.446. The van der Waals surface area contributed by atoms with Crippen molar-refractivity contribution in [1.82, 2.24) is 4.98 Å². The van der Waals surface area contributed by atoms with Crippen molar-refractivity contribution in [1.29, 1.82) is 0 Å². The summed E-state index contributed by atoms with van der Waals surface area (Å²) in [6, 6.07) is 5.61. The van der Waals surface area contributed by atoms with E-state index in [4.69, 9.17) is 33.7 Å². The number of ether oxygens (including phenoxy) is 1. The Bertz CT molecular complexity index is 605. The maximum atomic E-state index is 13.1. The molecule has 0 aliphatic carbocycles. The molecule has 0 unspecified atom stereocenters. The number of halogens is 3. The Morgan fingerprint density at radius 2 is 1.94 bits per heavy atom. The summed E-state index contributed by atoms with van der Waals surface area (Å²) in [5.74, 6) is 0.108. The van der Waals surface area contributed by atoms with E-state index in [2.05, 4.69) is 4.98 Å². The van der Waals surface area contributed by atoms with Gasteiger partial charge in [-0.2, -0.15) is 4.98 Å². The molecule has 0 spiro atoms. The second kappa shape index (κ2) is 5.00. The van der Waals surface area contributed by atoms with E-state index in [0.29, 0.717) is 5.75 Å². The predicted molar refractivity (Wildman–Crippen MR) is 69.9 cm³/mol. The summed E-state index contributed by atoms with van der Waals surface area (Å²) >= 11 is 11.7. The number of anilines is 1. The van der Waals surface area contributed by atoms with Gasteiger partial charge in [0.15, 0.2) is 0 Å². The molecule has 2 rings (SSSR count). The first-order chi connectivity index (χ1) is 8.47. The number of rotatable bonds is 2. The lowest BCUT2D eigenvalue weighted by molar-refractivity contribution is 0.455. The molecule has 1 aromatic heterocycles. The van der Waals surface area contributed by atoms with Crippen LogP contribution in [0.5, 0.6) is 11.6 Å². The highest BCUT2D eigenvalue weighted by molar-refractivity contribution is 6.36. The number of nitrogen functional groups attached to an aromatic ring is 1. The van der Waals surface area contributed by atoms with E-state index in [1.165, 1.54) is 18.2 Å². The molecule has 0 saturated carbocycles. The van der Waals surface area contributed by atoms with Crippen LogP contribution in [-0.2, 0) is 0 Å². The maximum absolute atomic E-state index is 13.1. The van der Waals surface area contributed by atoms with Gasteiger partial charge in [0.2, 0.25) is 5.88 Å². The number of benzene rings is 1. The van der Waals surface area contributed by atoms with E-state index in [1.807, 2.05) is 0 Å². The molecule has 2 N–H and O–H groups in total. The van der Waals surface area contributed by atoms with Gasteiger partial charge in [0.1, 0.15) is 22.4 Å². The average molecular weight is 287 g/mol. The summed E-state index contributed by atoms with van der Waals surface area (Å²) in [7, 11) is 0. The molecule has 0 aliphatic rings. The van der Waals surface area contributed by atoms with Crippen LogP contribution in [0.1, 0.15) is 5.56 Å². The van der Waals surface area contributed by atoms with Gasteiger partial charge in [-0.1, -0.05) is 29.3 Å². The van der Waals surface area contributed by atoms with Crippen LogP contribution in [0.4, 0.5) is 10.2 Å². The predicted octanol–water partition coefficient (Wildman–Crippen LogP) is 4.21. The van der Waals surface area contributed by atoms with Gasteiger partial charge < -0.3 is 10.5 Å². The van der Waals surface area contributed by atoms with Gasteiger partial charge in [0, 0.05) is 6.07 Å². The molecule has 3 nitrogen and oxygen atoms in total. The Kier molecular flexibility index (Phi) is 3.59. The van der Waals surface area contributed by atoms with Crippen LogP contribution in [0, 0.1) is 12.7 Å². The molecule has 0 aliphatic heterocycles. The van der Waals surface area contributed by atoms with E-state index >= 15 is 0 Å². The van der Waals surface area contributed by atoms with Gasteiger partial charge in [0.25, 0.3) is 0 Å². The smallest absolute Gasteiger partial charge is 0.240 e. The number of hydrogen-bond acceptors (Lipinski definition) is 3. The SMILES string of the molecule is Cc1ccc(F)cc1Oc1nc(N)c(Cl)cc1Cl. The highest BCUT2D eigenvalue weighted by atomic mass is 35.5. The summed E-state index contributed by atoms with van der Waals surface area (Å²) in [5.41, 5.74) is 6.31. The summed E-state index contributed by atoms with van der Waals surface area (Å²) in [4.78, 5) is 3.91. The first kappa shape index (κ1) is 12.9. The van der Waals surface area contributed by atoms with Crippen molar-refractivity contribution in [3.63, 3.8) is 0 Å². The van der Waals surface area contributed by atoms with E-state index in [1.54, 1.807) is 13.0 Å². The second-order valence-electron chi connectivity index (χ2n) is 3.65. The first-order valence-electron chi connectivity index (χ1n) is 5.03. The largest absolute Gasteiger partial charge is 0.437 e. The van der Waals surface area contributed by atoms with Gasteiger partial charge in [-0.25, -0.2) is 4.39 Å². The third-order valence-corrected chi connectivity index (χ3v) is 2.85. The molecule has 0 fully saturated rings. The summed E-state index contributed by atoms with van der Waals surface area (Å²) in [6.07, 6.45) is 0. The van der Waals surface area contributed by atoms with Gasteiger partial charge in [0.05, 0.1) is 5.02 Å². The molecule has 0 atom stereocenters. The van der Waals surface area contributed by atoms with Crippen molar-refractivity contribution in [3.05, 3.63) is 45.7 Å². The van der Waals surface area contributed by atoms with Gasteiger partial charge >= 0.3 is 0 Å². The van der Waals surface area contributed by atoms with Crippen LogP contribution in [0.15, 0.2) is 24.3 Å². The van der Waals surface area contributed by atoms with Gasteiger partial charge in [-0.15, -0.1) is 0 Å². The fourth-order valence-electron chi connectivity index (χ4n) is 1.32. The minimum absolute atomic E-state index is 0.0901. The van der Waals surface area contributed by atoms with E-state index in [9.17, 15) is 4.39 Å². The maximum Gasteiger partial charge on any atom is 0.240 e. The zero-order chi connectivity index (χ0) is 13.3. The molecule has 6 heteroatoms. The molecule has 2 aromatic rings. The van der Waals surface area contributed by atoms with Gasteiger partial charge in [-0.05, 0) is 24.6 Å². The van der Waals surface area contributed by atoms with Crippen molar-refractivity contribution in [2.75, 3.05) is 5.73 Å². The number of hydrogen-bond donors (Lipinski definition) is 1. The molecular weight excluding hydrogens is 278 g/mol. The van der Waals surface area contributed by atoms with Crippen molar-refractivity contribution in [3.8, 4) is 11.6 Å². The first-order valence-corrected chi connectivity index (χ1v) is 5.78. The third-order valence-electron chi connectivity index (χ3n) is 2.28. The Morgan fingerprint density at radius 3 is 2.67 bits per heavy atom. The number of pyridine rings is 1. The summed E-state index contributed by atoms with van der Waals surface area (Å²) < 4.78 is 18.5. The Labute approximate surface area is 113 Å². The highest BCUT2D eigenvalue weighted by Crippen LogP contribution is 2.33. The van der Waals surface area contributed by atoms with Crippen molar-refractivity contribution in [2.24, 2.45) is 0 Å². The molecule has 0 bridgehead atoms. The van der Waals surface area contributed by atoms with Crippen LogP contribution >= 0.6 is 23.2 Å². The summed E-state index contributed by atoms with van der Waals surface area (Å²) in [6.45, 7) is 1.78. The van der Waals surface area contributed by atoms with Crippen LogP contribution in [0.2, 0.25) is 10.0 Å². The number of nitrogens with zero attached hydrogens (tertiary/aromatic N) is 1. The third kappa shape index (κ3) is 2.66. The standard InChI is InChI=1S/C12H9Cl2FN2O/c1-6-2-3-7(15)4-10(6)18-12-9(14)5-8(13)11(16)17-12/h2-5H,1H3,(H2,16,17). The molecule has 0 radical (unpaired) electrons. The lowest BCUT2D eigenvalue weighted by Crippen LogP contribution is -1.97. The molecule has 1 heterocycles. The Hall–Kier alpha value is -1.52. The average Bonchev–Trinajstić information content (AvgIpc) is 2.30. The van der Waals surface area contributed by atoms with Crippen molar-refractivity contribution in [2.45, 2.75) is 6.92 Å². The normalized spacial score (nSPS) is 10.4. The number of aromatic nitrogens is 1. The number of nitrogens with two attached hydrogens (primary N) is 1. The number of aryl methyl sites for hydroxylation is 1. The van der Waals surface area contributed by atoms with Crippen LogP contribution in [-0.4, -0.2) is 4.98 Å². The quantitative estimate of drug-likeness (QED) is 0.900. The molecule has 0 saturated heterocycles. The topological polar surface area (TPSA) is 48.1 Å². The van der Waals surface area contributed by atoms with Crippen LogP contribution < -0.4 is 10.5 Å². The van der Waals surface area contributed by atoms with Crippen molar-refractivity contribution < 1.29 is 9.13 Å². The lowest BCUT2D eigenvalue weighted by Gasteiger charge is -2.10. The Balaban J connectivity index is 2.40. The lowest BCUT2D eigenvalue weighted by atomic mass is 10.2. The van der Waals surface area contributed by atoms with E-state index in [-0.39, 0.29) is 21.7 Å². The fraction of sp³-hybridized carbons (Fsp3) is 0.0833. The minimum atomic E-state index is -0.409. The van der Waals surface area contributed by atoms with Gasteiger partial charge in [-0.3, -0.25) is 0 Å². The van der Waals surface area contributed by atoms with Crippen molar-refractivity contribution >= 4 is 29.0 Å². The van der Waals surface area contributed by atoms with E-state index in [0.717, 1.165) is 5.56 Å². The zero-order valence-electron chi connectivity index (χ0n) is 9.38. The second-order valence-corrected chi connectivity index (χ2v) is 4.47. The molecular formula is C12H9Cl2FN2O. The molecule has 18 heavy (non-hydrogen) atoms. The molecule has 1 aromatic carbocycles. The van der Waals surface area contributed by atoms with Crippen LogP contribution in [0.25, 0.3) is 0 Å². The fourth-order valence-corrected chi connectivity index (χ4v) is 1.72. The monoisotopic (exact) mass is 286 g/mol. The molecule has 94 valence electrons. The van der Waals surface area contributed by atoms with E-state index < -0.39 is 5.82 Å². The Morgan fingerprint density at radius 1 is 1.22 bits per heavy atom. The highest BCUT2D eigenvalue weighted by Gasteiger charge is 2.11. The minimum Gasteiger partial charge on any atom is -0.437 e. The molecule has 0 amide bonds. The zero-order valence-corrected chi connectivity index (χ0v) is 10.9. The van der Waals surface area contributed by atoms with Crippen LogP contribution in [0.3, 0.4) is 0 Å².